The van der Waals surface area contributed by atoms with Crippen LogP contribution in [0.5, 0.6) is 0 Å². The summed E-state index contributed by atoms with van der Waals surface area (Å²) in [6, 6.07) is 17.0. The van der Waals surface area contributed by atoms with E-state index in [1.54, 1.807) is 23.1 Å². The quantitative estimate of drug-likeness (QED) is 0.651. The molecule has 0 aliphatic carbocycles. The molecule has 0 spiro atoms. The minimum absolute atomic E-state index is 0.0943. The van der Waals surface area contributed by atoms with Crippen molar-refractivity contribution < 1.29 is 4.79 Å². The van der Waals surface area contributed by atoms with Crippen LogP contribution in [0.25, 0.3) is 10.9 Å². The van der Waals surface area contributed by atoms with Gasteiger partial charge in [-0.25, -0.2) is 4.98 Å². The fourth-order valence-corrected chi connectivity index (χ4v) is 2.86. The number of carbonyl (C=O) groups excluding carboxylic acids is 1. The zero-order chi connectivity index (χ0) is 19.1. The highest BCUT2D eigenvalue weighted by atomic mass is 16.2. The minimum Gasteiger partial charge on any atom is -0.327 e. The molecular weight excluding hydrogens is 338 g/mol. The van der Waals surface area contributed by atoms with Gasteiger partial charge in [-0.3, -0.25) is 9.59 Å². The van der Waals surface area contributed by atoms with E-state index in [0.29, 0.717) is 23.3 Å². The number of H-pyrrole nitrogens is 1. The van der Waals surface area contributed by atoms with Crippen LogP contribution in [0.4, 0.5) is 0 Å². The van der Waals surface area contributed by atoms with Gasteiger partial charge >= 0.3 is 0 Å². The molecule has 0 bridgehead atoms. The van der Waals surface area contributed by atoms with Crippen molar-refractivity contribution >= 4 is 16.8 Å². The molecule has 0 aliphatic rings. The number of aromatic amines is 1. The lowest BCUT2D eigenvalue weighted by Gasteiger charge is -2.21. The molecule has 5 nitrogen and oxygen atoms in total. The van der Waals surface area contributed by atoms with Crippen LogP contribution in [0.2, 0.25) is 0 Å². The van der Waals surface area contributed by atoms with Gasteiger partial charge in [-0.15, -0.1) is 0 Å². The number of benzene rings is 2. The van der Waals surface area contributed by atoms with Gasteiger partial charge in [0.2, 0.25) is 5.91 Å². The summed E-state index contributed by atoms with van der Waals surface area (Å²) in [7, 11) is 0. The molecule has 3 rings (SSSR count). The highest BCUT2D eigenvalue weighted by molar-refractivity contribution is 5.87. The van der Waals surface area contributed by atoms with Crippen molar-refractivity contribution in [3.63, 3.8) is 0 Å². The third-order valence-electron chi connectivity index (χ3n) is 4.25. The lowest BCUT2D eigenvalue weighted by Crippen LogP contribution is -2.30. The smallest absolute Gasteiger partial charge is 0.258 e. The summed E-state index contributed by atoms with van der Waals surface area (Å²) in [5, 5.41) is 0.546. The lowest BCUT2D eigenvalue weighted by molar-refractivity contribution is -0.127. The Morgan fingerprint density at radius 2 is 1.81 bits per heavy atom. The molecule has 0 aliphatic heterocycles. The zero-order valence-electron chi connectivity index (χ0n) is 15.4. The average Bonchev–Trinajstić information content (AvgIpc) is 2.68. The summed E-state index contributed by atoms with van der Waals surface area (Å²) >= 11 is 0. The molecule has 1 N–H and O–H groups in total. The lowest BCUT2D eigenvalue weighted by atomic mass is 10.2. The fraction of sp³-hybridized carbons (Fsp3) is 0.227. The summed E-state index contributed by atoms with van der Waals surface area (Å²) in [6.07, 6.45) is 5.33. The van der Waals surface area contributed by atoms with Gasteiger partial charge in [-0.1, -0.05) is 61.9 Å². The first-order chi connectivity index (χ1) is 13.2. The van der Waals surface area contributed by atoms with E-state index in [1.165, 1.54) is 0 Å². The number of hydrogen-bond acceptors (Lipinski definition) is 3. The van der Waals surface area contributed by atoms with Gasteiger partial charge in [0, 0.05) is 6.54 Å². The van der Waals surface area contributed by atoms with E-state index < -0.39 is 0 Å². The van der Waals surface area contributed by atoms with E-state index in [0.717, 1.165) is 18.4 Å². The first-order valence-electron chi connectivity index (χ1n) is 9.14. The molecule has 5 heteroatoms. The molecule has 0 unspecified atom stereocenters. The monoisotopic (exact) mass is 361 g/mol. The van der Waals surface area contributed by atoms with E-state index >= 15 is 0 Å². The molecule has 0 fully saturated rings. The standard InChI is InChI=1S/C22H23N3O2/c1-2-3-5-14-21(26)25(15-17-10-6-4-7-11-17)16-20-23-19-13-9-8-12-18(19)22(27)24-20/h4-14H,2-3,15-16H2,1H3,(H,23,24,27). The van der Waals surface area contributed by atoms with E-state index in [9.17, 15) is 9.59 Å². The predicted octanol–water partition coefficient (Wildman–Crippen LogP) is 3.81. The van der Waals surface area contributed by atoms with Gasteiger partial charge in [-0.2, -0.15) is 0 Å². The Hall–Kier alpha value is -3.21. The fourth-order valence-electron chi connectivity index (χ4n) is 2.86. The average molecular weight is 361 g/mol. The number of fused-ring (bicyclic) bond motifs is 1. The molecule has 3 aromatic rings. The van der Waals surface area contributed by atoms with Gasteiger partial charge in [0.1, 0.15) is 5.82 Å². The summed E-state index contributed by atoms with van der Waals surface area (Å²) in [5.41, 5.74) is 1.46. The van der Waals surface area contributed by atoms with Crippen LogP contribution < -0.4 is 5.56 Å². The molecule has 1 heterocycles. The van der Waals surface area contributed by atoms with Gasteiger partial charge in [0.05, 0.1) is 17.4 Å². The normalized spacial score (nSPS) is 11.1. The van der Waals surface area contributed by atoms with Crippen molar-refractivity contribution in [2.45, 2.75) is 32.9 Å². The highest BCUT2D eigenvalue weighted by Gasteiger charge is 2.14. The Labute approximate surface area is 158 Å². The number of rotatable bonds is 7. The zero-order valence-corrected chi connectivity index (χ0v) is 15.4. The number of allylic oxidation sites excluding steroid dienone is 1. The summed E-state index contributed by atoms with van der Waals surface area (Å²) in [6.45, 7) is 2.76. The predicted molar refractivity (Wildman–Crippen MR) is 107 cm³/mol. The van der Waals surface area contributed by atoms with Crippen LogP contribution in [0.1, 0.15) is 31.2 Å². The van der Waals surface area contributed by atoms with Crippen LogP contribution in [0.3, 0.4) is 0 Å². The maximum absolute atomic E-state index is 12.7. The molecule has 1 amide bonds. The number of amides is 1. The second-order valence-corrected chi connectivity index (χ2v) is 6.40. The third-order valence-corrected chi connectivity index (χ3v) is 4.25. The maximum atomic E-state index is 12.7. The van der Waals surface area contributed by atoms with Gasteiger partial charge in [0.15, 0.2) is 0 Å². The van der Waals surface area contributed by atoms with Crippen LogP contribution in [0, 0.1) is 0 Å². The number of aromatic nitrogens is 2. The SMILES string of the molecule is CCCC=CC(=O)N(Cc1ccccc1)Cc1nc2ccccc2c(=O)[nH]1. The molecule has 0 atom stereocenters. The van der Waals surface area contributed by atoms with Crippen molar-refractivity contribution in [3.8, 4) is 0 Å². The second kappa shape index (κ2) is 8.94. The third kappa shape index (κ3) is 4.91. The first kappa shape index (κ1) is 18.6. The van der Waals surface area contributed by atoms with Crippen molar-refractivity contribution in [3.05, 3.63) is 88.5 Å². The van der Waals surface area contributed by atoms with Crippen molar-refractivity contribution in [1.82, 2.24) is 14.9 Å². The summed E-state index contributed by atoms with van der Waals surface area (Å²) < 4.78 is 0. The number of para-hydroxylation sites is 1. The van der Waals surface area contributed by atoms with Crippen LogP contribution in [-0.2, 0) is 17.9 Å². The van der Waals surface area contributed by atoms with Crippen molar-refractivity contribution in [2.24, 2.45) is 0 Å². The van der Waals surface area contributed by atoms with E-state index in [1.807, 2.05) is 48.5 Å². The van der Waals surface area contributed by atoms with Gasteiger partial charge in [0.25, 0.3) is 5.56 Å². The van der Waals surface area contributed by atoms with Gasteiger partial charge < -0.3 is 9.88 Å². The number of nitrogens with zero attached hydrogens (tertiary/aromatic N) is 2. The molecule has 0 saturated heterocycles. The van der Waals surface area contributed by atoms with Crippen LogP contribution in [0.15, 0.2) is 71.5 Å². The molecule has 0 saturated carbocycles. The minimum atomic E-state index is -0.191. The van der Waals surface area contributed by atoms with E-state index in [-0.39, 0.29) is 18.0 Å². The second-order valence-electron chi connectivity index (χ2n) is 6.40. The Balaban J connectivity index is 1.88. The number of nitrogens with one attached hydrogen (secondary N) is 1. The first-order valence-corrected chi connectivity index (χ1v) is 9.14. The highest BCUT2D eigenvalue weighted by Crippen LogP contribution is 2.11. The van der Waals surface area contributed by atoms with Gasteiger partial charge in [-0.05, 0) is 30.2 Å². The Morgan fingerprint density at radius 1 is 1.07 bits per heavy atom. The molecule has 2 aromatic carbocycles. The molecule has 1 aromatic heterocycles. The Kier molecular flexibility index (Phi) is 6.15. The topological polar surface area (TPSA) is 66.1 Å². The van der Waals surface area contributed by atoms with Crippen molar-refractivity contribution in [1.29, 1.82) is 0 Å². The molecular formula is C22H23N3O2. The maximum Gasteiger partial charge on any atom is 0.258 e. The molecule has 27 heavy (non-hydrogen) atoms. The van der Waals surface area contributed by atoms with Crippen LogP contribution >= 0.6 is 0 Å². The van der Waals surface area contributed by atoms with E-state index in [4.69, 9.17) is 0 Å². The van der Waals surface area contributed by atoms with Crippen molar-refractivity contribution in [2.75, 3.05) is 0 Å². The summed E-state index contributed by atoms with van der Waals surface area (Å²) in [4.78, 5) is 34.0. The number of hydrogen-bond donors (Lipinski definition) is 1. The van der Waals surface area contributed by atoms with E-state index in [2.05, 4.69) is 16.9 Å². The number of carbonyl (C=O) groups is 1. The van der Waals surface area contributed by atoms with Crippen LogP contribution in [-0.4, -0.2) is 20.8 Å². The number of unbranched alkanes of at least 4 members (excludes halogenated alkanes) is 1. The molecule has 0 radical (unpaired) electrons. The Morgan fingerprint density at radius 3 is 2.59 bits per heavy atom. The molecule has 138 valence electrons. The Bertz CT molecular complexity index is 993. The summed E-state index contributed by atoms with van der Waals surface area (Å²) in [5.74, 6) is 0.384. The largest absolute Gasteiger partial charge is 0.327 e.